The Bertz CT molecular complexity index is 859. The van der Waals surface area contributed by atoms with Gasteiger partial charge in [-0.2, -0.15) is 0 Å². The van der Waals surface area contributed by atoms with Crippen LogP contribution in [-0.4, -0.2) is 49.0 Å². The molecule has 0 bridgehead atoms. The average molecular weight is 543 g/mol. The van der Waals surface area contributed by atoms with Gasteiger partial charge in [0.05, 0.1) is 19.3 Å². The number of aromatic nitrogens is 1. The highest BCUT2D eigenvalue weighted by Gasteiger charge is 2.19. The number of nitrogens with zero attached hydrogens (tertiary/aromatic N) is 3. The molecule has 0 saturated heterocycles. The van der Waals surface area contributed by atoms with Crippen molar-refractivity contribution < 1.29 is 13.9 Å². The number of guanidine groups is 1. The van der Waals surface area contributed by atoms with Crippen LogP contribution in [0.15, 0.2) is 39.9 Å². The molecular formula is C22H34IN5O3. The Morgan fingerprint density at radius 1 is 1.26 bits per heavy atom. The second-order valence-electron chi connectivity index (χ2n) is 8.14. The van der Waals surface area contributed by atoms with Crippen molar-refractivity contribution in [2.75, 3.05) is 27.2 Å². The summed E-state index contributed by atoms with van der Waals surface area (Å²) in [6, 6.07) is 7.58. The van der Waals surface area contributed by atoms with Crippen LogP contribution >= 0.6 is 24.0 Å². The quantitative estimate of drug-likeness (QED) is 0.302. The predicted molar refractivity (Wildman–Crippen MR) is 133 cm³/mol. The van der Waals surface area contributed by atoms with Gasteiger partial charge in [-0.25, -0.2) is 9.98 Å². The lowest BCUT2D eigenvalue weighted by molar-refractivity contribution is -0.130. The standard InChI is InChI=1S/C22H33N5O3.HI/c1-7-23-21(26-14-19-24-13-18(30-19)22(2,3)4)25-12-16-9-8-10-17(11-16)29-15-20(28)27(5)6;/h8-11,13H,7,12,14-15H2,1-6H3,(H2,23,25,26);1H. The van der Waals surface area contributed by atoms with Crippen molar-refractivity contribution in [1.29, 1.82) is 0 Å². The Morgan fingerprint density at radius 2 is 2.00 bits per heavy atom. The summed E-state index contributed by atoms with van der Waals surface area (Å²) in [4.78, 5) is 22.1. The fourth-order valence-corrected chi connectivity index (χ4v) is 2.42. The first-order valence-electron chi connectivity index (χ1n) is 10.1. The molecule has 1 heterocycles. The van der Waals surface area contributed by atoms with E-state index in [2.05, 4.69) is 41.4 Å². The first-order chi connectivity index (χ1) is 14.2. The highest BCUT2D eigenvalue weighted by Crippen LogP contribution is 2.22. The third-order valence-corrected chi connectivity index (χ3v) is 4.22. The van der Waals surface area contributed by atoms with E-state index in [0.29, 0.717) is 30.7 Å². The number of likely N-dealkylation sites (N-methyl/N-ethyl adjacent to an activating group) is 1. The summed E-state index contributed by atoms with van der Waals surface area (Å²) in [7, 11) is 3.41. The minimum Gasteiger partial charge on any atom is -0.484 e. The second kappa shape index (κ2) is 12.5. The van der Waals surface area contributed by atoms with Crippen molar-refractivity contribution in [3.8, 4) is 5.75 Å². The van der Waals surface area contributed by atoms with Crippen molar-refractivity contribution in [2.45, 2.75) is 46.2 Å². The number of hydrogen-bond donors (Lipinski definition) is 2. The molecule has 2 rings (SSSR count). The number of rotatable bonds is 8. The van der Waals surface area contributed by atoms with Crippen LogP contribution in [-0.2, 0) is 23.3 Å². The maximum Gasteiger partial charge on any atom is 0.259 e. The number of amides is 1. The Labute approximate surface area is 201 Å². The molecule has 0 fully saturated rings. The Balaban J connectivity index is 0.00000480. The molecule has 0 saturated carbocycles. The number of carbonyl (C=O) groups excluding carboxylic acids is 1. The molecule has 0 aliphatic heterocycles. The lowest BCUT2D eigenvalue weighted by Gasteiger charge is -2.13. The summed E-state index contributed by atoms with van der Waals surface area (Å²) < 4.78 is 11.4. The maximum absolute atomic E-state index is 11.7. The summed E-state index contributed by atoms with van der Waals surface area (Å²) in [5.74, 6) is 2.70. The number of halogens is 1. The lowest BCUT2D eigenvalue weighted by atomic mass is 9.94. The molecule has 31 heavy (non-hydrogen) atoms. The summed E-state index contributed by atoms with van der Waals surface area (Å²) in [6.45, 7) is 9.93. The lowest BCUT2D eigenvalue weighted by Crippen LogP contribution is -2.36. The zero-order chi connectivity index (χ0) is 22.1. The molecule has 1 amide bonds. The van der Waals surface area contributed by atoms with Gasteiger partial charge in [-0.15, -0.1) is 24.0 Å². The first kappa shape index (κ1) is 26.7. The molecule has 1 aromatic carbocycles. The highest BCUT2D eigenvalue weighted by molar-refractivity contribution is 14.0. The van der Waals surface area contributed by atoms with E-state index in [0.717, 1.165) is 17.9 Å². The molecule has 2 N–H and O–H groups in total. The van der Waals surface area contributed by atoms with Crippen molar-refractivity contribution >= 4 is 35.8 Å². The van der Waals surface area contributed by atoms with Crippen LogP contribution in [0.4, 0.5) is 0 Å². The van der Waals surface area contributed by atoms with Gasteiger partial charge < -0.3 is 24.7 Å². The van der Waals surface area contributed by atoms with E-state index >= 15 is 0 Å². The van der Waals surface area contributed by atoms with E-state index in [4.69, 9.17) is 9.15 Å². The van der Waals surface area contributed by atoms with Gasteiger partial charge in [0.15, 0.2) is 12.6 Å². The maximum atomic E-state index is 11.7. The summed E-state index contributed by atoms with van der Waals surface area (Å²) in [5.41, 5.74) is 0.904. The smallest absolute Gasteiger partial charge is 0.259 e. The van der Waals surface area contributed by atoms with Crippen LogP contribution < -0.4 is 15.4 Å². The number of oxazole rings is 1. The normalized spacial score (nSPS) is 11.5. The third-order valence-electron chi connectivity index (χ3n) is 4.22. The molecule has 0 radical (unpaired) electrons. The number of benzene rings is 1. The van der Waals surface area contributed by atoms with Crippen LogP contribution in [0.25, 0.3) is 0 Å². The molecule has 2 aromatic rings. The minimum atomic E-state index is -0.0850. The molecule has 8 nitrogen and oxygen atoms in total. The van der Waals surface area contributed by atoms with Crippen molar-refractivity contribution in [3.05, 3.63) is 47.7 Å². The van der Waals surface area contributed by atoms with Gasteiger partial charge in [0.2, 0.25) is 5.89 Å². The number of aliphatic imine (C=N–C) groups is 1. The monoisotopic (exact) mass is 543 g/mol. The number of carbonyl (C=O) groups is 1. The van der Waals surface area contributed by atoms with E-state index in [1.54, 1.807) is 20.3 Å². The topological polar surface area (TPSA) is 92.0 Å². The molecule has 1 aromatic heterocycles. The molecular weight excluding hydrogens is 509 g/mol. The van der Waals surface area contributed by atoms with Gasteiger partial charge in [0, 0.05) is 26.1 Å². The zero-order valence-electron chi connectivity index (χ0n) is 19.2. The first-order valence-corrected chi connectivity index (χ1v) is 10.1. The van der Waals surface area contributed by atoms with Gasteiger partial charge in [-0.1, -0.05) is 32.9 Å². The Morgan fingerprint density at radius 3 is 2.61 bits per heavy atom. The SMILES string of the molecule is CCNC(=NCc1cccc(OCC(=O)N(C)C)c1)NCc1ncc(C(C)(C)C)o1.I. The molecule has 9 heteroatoms. The van der Waals surface area contributed by atoms with E-state index in [-0.39, 0.29) is 41.9 Å². The zero-order valence-corrected chi connectivity index (χ0v) is 21.5. The number of ether oxygens (including phenoxy) is 1. The van der Waals surface area contributed by atoms with Gasteiger partial charge in [0.1, 0.15) is 11.5 Å². The second-order valence-corrected chi connectivity index (χ2v) is 8.14. The number of hydrogen-bond acceptors (Lipinski definition) is 5. The molecule has 0 aliphatic carbocycles. The van der Waals surface area contributed by atoms with Crippen LogP contribution in [0.3, 0.4) is 0 Å². The Hall–Kier alpha value is -2.30. The van der Waals surface area contributed by atoms with Crippen molar-refractivity contribution in [2.24, 2.45) is 4.99 Å². The average Bonchev–Trinajstić information content (AvgIpc) is 3.18. The van der Waals surface area contributed by atoms with Gasteiger partial charge in [-0.3, -0.25) is 4.79 Å². The molecule has 172 valence electrons. The highest BCUT2D eigenvalue weighted by atomic mass is 127. The molecule has 0 atom stereocenters. The Kier molecular flexibility index (Phi) is 10.8. The van der Waals surface area contributed by atoms with Gasteiger partial charge in [0.25, 0.3) is 5.91 Å². The predicted octanol–water partition coefficient (Wildman–Crippen LogP) is 3.31. The van der Waals surface area contributed by atoms with Crippen LogP contribution in [0.1, 0.15) is 44.9 Å². The largest absolute Gasteiger partial charge is 0.484 e. The minimum absolute atomic E-state index is 0. The van der Waals surface area contributed by atoms with Crippen LogP contribution in [0, 0.1) is 0 Å². The van der Waals surface area contributed by atoms with E-state index < -0.39 is 0 Å². The van der Waals surface area contributed by atoms with Gasteiger partial charge >= 0.3 is 0 Å². The van der Waals surface area contributed by atoms with Crippen molar-refractivity contribution in [1.82, 2.24) is 20.5 Å². The van der Waals surface area contributed by atoms with Crippen LogP contribution in [0.5, 0.6) is 5.75 Å². The summed E-state index contributed by atoms with van der Waals surface area (Å²) in [6.07, 6.45) is 1.77. The molecule has 0 aliphatic rings. The number of nitrogens with one attached hydrogen (secondary N) is 2. The van der Waals surface area contributed by atoms with Crippen LogP contribution in [0.2, 0.25) is 0 Å². The fraction of sp³-hybridized carbons (Fsp3) is 0.500. The van der Waals surface area contributed by atoms with Crippen molar-refractivity contribution in [3.63, 3.8) is 0 Å². The van der Waals surface area contributed by atoms with Gasteiger partial charge in [-0.05, 0) is 24.6 Å². The molecule has 0 spiro atoms. The summed E-state index contributed by atoms with van der Waals surface area (Å²) in [5, 5.41) is 6.46. The fourth-order valence-electron chi connectivity index (χ4n) is 2.42. The summed E-state index contributed by atoms with van der Waals surface area (Å²) >= 11 is 0. The van der Waals surface area contributed by atoms with E-state index in [1.807, 2.05) is 31.2 Å². The van der Waals surface area contributed by atoms with E-state index in [1.165, 1.54) is 4.90 Å². The molecule has 0 unspecified atom stereocenters. The third kappa shape index (κ3) is 9.16. The van der Waals surface area contributed by atoms with E-state index in [9.17, 15) is 4.79 Å².